The Morgan fingerprint density at radius 2 is 2.12 bits per heavy atom. The second-order valence-corrected chi connectivity index (χ2v) is 7.04. The molecule has 1 aliphatic carbocycles. The van der Waals surface area contributed by atoms with E-state index in [0.717, 1.165) is 28.6 Å². The summed E-state index contributed by atoms with van der Waals surface area (Å²) in [6.07, 6.45) is 3.17. The second-order valence-electron chi connectivity index (χ2n) is 6.13. The summed E-state index contributed by atoms with van der Waals surface area (Å²) in [5.41, 5.74) is 2.77. The average Bonchev–Trinajstić information content (AvgIpc) is 3.03. The minimum Gasteiger partial charge on any atom is -0.422 e. The van der Waals surface area contributed by atoms with Crippen LogP contribution in [0, 0.1) is 0 Å². The predicted octanol–water partition coefficient (Wildman–Crippen LogP) is 2.76. The summed E-state index contributed by atoms with van der Waals surface area (Å²) < 4.78 is 7.85. The molecular weight excluding hydrogens is 374 g/mol. The average molecular weight is 386 g/mol. The van der Waals surface area contributed by atoms with Crippen molar-refractivity contribution in [1.82, 2.24) is 24.9 Å². The molecule has 1 aromatic carbocycles. The Bertz CT molecular complexity index is 975. The van der Waals surface area contributed by atoms with Crippen molar-refractivity contribution in [3.8, 4) is 17.3 Å². The molecule has 1 spiro atoms. The van der Waals surface area contributed by atoms with Gasteiger partial charge in [0.25, 0.3) is 11.8 Å². The number of amides is 1. The molecule has 2 aromatic heterocycles. The first-order valence-electron chi connectivity index (χ1n) is 7.55. The molecule has 0 radical (unpaired) electrons. The van der Waals surface area contributed by atoms with Crippen molar-refractivity contribution in [3.63, 3.8) is 0 Å². The second kappa shape index (κ2) is 4.54. The van der Waals surface area contributed by atoms with Gasteiger partial charge in [-0.1, -0.05) is 22.0 Å². The maximum absolute atomic E-state index is 13.0. The van der Waals surface area contributed by atoms with Gasteiger partial charge in [0.15, 0.2) is 5.69 Å². The zero-order chi connectivity index (χ0) is 16.5. The number of benzene rings is 1. The topological polar surface area (TPSA) is 77.1 Å². The molecule has 1 aliphatic heterocycles. The molecule has 7 nitrogen and oxygen atoms in total. The van der Waals surface area contributed by atoms with Gasteiger partial charge in [0.1, 0.15) is 5.69 Å². The van der Waals surface area contributed by atoms with Crippen LogP contribution in [0.25, 0.3) is 17.3 Å². The SMILES string of the molecule is CN1C(=O)c2cc(-c3nnco3)nn2-c2cc(Br)ccc2C12CC2. The van der Waals surface area contributed by atoms with E-state index in [9.17, 15) is 4.79 Å². The quantitative estimate of drug-likeness (QED) is 0.643. The fraction of sp³-hybridized carbons (Fsp3) is 0.250. The maximum atomic E-state index is 13.0. The lowest BCUT2D eigenvalue weighted by atomic mass is 10.0. The zero-order valence-corrected chi connectivity index (χ0v) is 14.3. The molecule has 0 bridgehead atoms. The summed E-state index contributed by atoms with van der Waals surface area (Å²) in [4.78, 5) is 14.8. The first-order chi connectivity index (χ1) is 11.6. The number of hydrogen-bond acceptors (Lipinski definition) is 5. The third kappa shape index (κ3) is 1.71. The number of nitrogens with zero attached hydrogens (tertiary/aromatic N) is 5. The minimum absolute atomic E-state index is 0.0573. The van der Waals surface area contributed by atoms with Crippen LogP contribution < -0.4 is 0 Å². The lowest BCUT2D eigenvalue weighted by Crippen LogP contribution is -2.36. The molecule has 120 valence electrons. The first kappa shape index (κ1) is 13.9. The van der Waals surface area contributed by atoms with E-state index in [1.807, 2.05) is 24.1 Å². The van der Waals surface area contributed by atoms with Crippen LogP contribution >= 0.6 is 15.9 Å². The fourth-order valence-corrected chi connectivity index (χ4v) is 3.80. The number of rotatable bonds is 1. The van der Waals surface area contributed by atoms with Crippen molar-refractivity contribution in [3.05, 3.63) is 46.4 Å². The highest BCUT2D eigenvalue weighted by atomic mass is 79.9. The van der Waals surface area contributed by atoms with Crippen LogP contribution in [0.4, 0.5) is 0 Å². The fourth-order valence-electron chi connectivity index (χ4n) is 3.45. The van der Waals surface area contributed by atoms with Gasteiger partial charge in [-0.2, -0.15) is 5.10 Å². The Kier molecular flexibility index (Phi) is 2.63. The molecule has 1 amide bonds. The van der Waals surface area contributed by atoms with Gasteiger partial charge in [0.2, 0.25) is 6.39 Å². The number of carbonyl (C=O) groups excluding carboxylic acids is 1. The molecular formula is C16H12BrN5O2. The van der Waals surface area contributed by atoms with E-state index in [1.165, 1.54) is 6.39 Å². The molecule has 8 heteroatoms. The lowest BCUT2D eigenvalue weighted by Gasteiger charge is -2.26. The van der Waals surface area contributed by atoms with E-state index >= 15 is 0 Å². The Labute approximate surface area is 145 Å². The van der Waals surface area contributed by atoms with E-state index in [2.05, 4.69) is 37.3 Å². The van der Waals surface area contributed by atoms with Crippen LogP contribution in [-0.4, -0.2) is 37.8 Å². The Morgan fingerprint density at radius 3 is 2.83 bits per heavy atom. The van der Waals surface area contributed by atoms with E-state index in [1.54, 1.807) is 10.7 Å². The molecule has 3 aromatic rings. The molecule has 0 saturated heterocycles. The third-order valence-electron chi connectivity index (χ3n) is 4.87. The zero-order valence-electron chi connectivity index (χ0n) is 12.7. The summed E-state index contributed by atoms with van der Waals surface area (Å²) in [5.74, 6) is 0.238. The Hall–Kier alpha value is -2.48. The van der Waals surface area contributed by atoms with Gasteiger partial charge in [-0.05, 0) is 25.0 Å². The number of aromatic nitrogens is 4. The molecule has 2 aliphatic rings. The first-order valence-corrected chi connectivity index (χ1v) is 8.35. The summed E-state index contributed by atoms with van der Waals surface area (Å²) in [6, 6.07) is 7.78. The molecule has 5 rings (SSSR count). The maximum Gasteiger partial charge on any atom is 0.273 e. The monoisotopic (exact) mass is 385 g/mol. The van der Waals surface area contributed by atoms with Crippen LogP contribution in [0.3, 0.4) is 0 Å². The number of halogens is 1. The molecule has 0 N–H and O–H groups in total. The minimum atomic E-state index is -0.224. The molecule has 0 atom stereocenters. The van der Waals surface area contributed by atoms with Crippen molar-refractivity contribution >= 4 is 21.8 Å². The number of fused-ring (bicyclic) bond motifs is 4. The largest absolute Gasteiger partial charge is 0.422 e. The summed E-state index contributed by atoms with van der Waals surface area (Å²) in [7, 11) is 1.86. The van der Waals surface area contributed by atoms with E-state index in [4.69, 9.17) is 4.42 Å². The number of hydrogen-bond donors (Lipinski definition) is 0. The molecule has 3 heterocycles. The summed E-state index contributed by atoms with van der Waals surface area (Å²) in [5, 5.41) is 12.1. The van der Waals surface area contributed by atoms with E-state index in [0.29, 0.717) is 17.3 Å². The molecule has 0 unspecified atom stereocenters. The Morgan fingerprint density at radius 1 is 1.29 bits per heavy atom. The van der Waals surface area contributed by atoms with Crippen LogP contribution in [0.5, 0.6) is 0 Å². The standard InChI is InChI=1S/C16H12BrN5O2/c1-21-15(23)13-7-11(14-19-18-8-24-14)20-22(13)12-6-9(17)2-3-10(12)16(21)4-5-16/h2-3,6-8H,4-5H2,1H3. The van der Waals surface area contributed by atoms with Crippen LogP contribution in [0.1, 0.15) is 28.9 Å². The van der Waals surface area contributed by atoms with Crippen LogP contribution in [-0.2, 0) is 5.54 Å². The molecule has 1 saturated carbocycles. The van der Waals surface area contributed by atoms with Gasteiger partial charge in [-0.3, -0.25) is 4.79 Å². The molecule has 1 fully saturated rings. The van der Waals surface area contributed by atoms with Crippen molar-refractivity contribution < 1.29 is 9.21 Å². The van der Waals surface area contributed by atoms with Gasteiger partial charge in [-0.25, -0.2) is 4.68 Å². The highest BCUT2D eigenvalue weighted by molar-refractivity contribution is 9.10. The Balaban J connectivity index is 1.81. The normalized spacial score (nSPS) is 17.6. The van der Waals surface area contributed by atoms with Crippen molar-refractivity contribution in [2.24, 2.45) is 0 Å². The van der Waals surface area contributed by atoms with Gasteiger partial charge in [0, 0.05) is 23.2 Å². The highest BCUT2D eigenvalue weighted by Gasteiger charge is 2.53. The van der Waals surface area contributed by atoms with Crippen molar-refractivity contribution in [1.29, 1.82) is 0 Å². The summed E-state index contributed by atoms with van der Waals surface area (Å²) in [6.45, 7) is 0. The van der Waals surface area contributed by atoms with E-state index < -0.39 is 0 Å². The van der Waals surface area contributed by atoms with Gasteiger partial charge in [0.05, 0.1) is 11.2 Å². The van der Waals surface area contributed by atoms with Gasteiger partial charge >= 0.3 is 0 Å². The van der Waals surface area contributed by atoms with E-state index in [-0.39, 0.29) is 11.4 Å². The summed E-state index contributed by atoms with van der Waals surface area (Å²) >= 11 is 3.52. The highest BCUT2D eigenvalue weighted by Crippen LogP contribution is 2.54. The molecule has 24 heavy (non-hydrogen) atoms. The smallest absolute Gasteiger partial charge is 0.273 e. The van der Waals surface area contributed by atoms with Gasteiger partial charge < -0.3 is 9.32 Å². The van der Waals surface area contributed by atoms with Crippen LogP contribution in [0.2, 0.25) is 0 Å². The lowest BCUT2D eigenvalue weighted by molar-refractivity contribution is 0.0704. The third-order valence-corrected chi connectivity index (χ3v) is 5.36. The van der Waals surface area contributed by atoms with Crippen molar-refractivity contribution in [2.75, 3.05) is 7.05 Å². The van der Waals surface area contributed by atoms with Gasteiger partial charge in [-0.15, -0.1) is 10.2 Å². The number of carbonyl (C=O) groups is 1. The predicted molar refractivity (Wildman–Crippen MR) is 87.6 cm³/mol. The van der Waals surface area contributed by atoms with Crippen LogP contribution in [0.15, 0.2) is 39.5 Å². The van der Waals surface area contributed by atoms with Crippen molar-refractivity contribution in [2.45, 2.75) is 18.4 Å².